The highest BCUT2D eigenvalue weighted by atomic mass is 16.4. The average Bonchev–Trinajstić information content (AvgIpc) is 3.11. The van der Waals surface area contributed by atoms with E-state index < -0.39 is 0 Å². The van der Waals surface area contributed by atoms with Crippen LogP contribution in [0.3, 0.4) is 0 Å². The van der Waals surface area contributed by atoms with Crippen molar-refractivity contribution >= 4 is 16.8 Å². The summed E-state index contributed by atoms with van der Waals surface area (Å²) in [5, 5.41) is 12.0. The molecule has 0 unspecified atom stereocenters. The van der Waals surface area contributed by atoms with E-state index >= 15 is 0 Å². The highest BCUT2D eigenvalue weighted by Crippen LogP contribution is 2.29. The topological polar surface area (TPSA) is 73.0 Å². The second kappa shape index (κ2) is 6.11. The summed E-state index contributed by atoms with van der Waals surface area (Å²) in [5.41, 5.74) is 1.59. The molecular weight excluding hydrogens is 304 g/mol. The molecular formula is C18H22N4O2. The van der Waals surface area contributed by atoms with Crippen molar-refractivity contribution in [2.24, 2.45) is 0 Å². The highest BCUT2D eigenvalue weighted by molar-refractivity contribution is 5.94. The second-order valence-electron chi connectivity index (χ2n) is 6.60. The molecule has 0 bridgehead atoms. The maximum absolute atomic E-state index is 12.4. The lowest BCUT2D eigenvalue weighted by molar-refractivity contribution is -0.123. The van der Waals surface area contributed by atoms with Crippen molar-refractivity contribution < 1.29 is 9.21 Å². The molecule has 126 valence electrons. The number of aromatic nitrogens is 3. The lowest BCUT2D eigenvalue weighted by Crippen LogP contribution is -2.44. The number of hydrogen-bond donors (Lipinski definition) is 1. The smallest absolute Gasteiger partial charge is 0.249 e. The van der Waals surface area contributed by atoms with Gasteiger partial charge < -0.3 is 14.3 Å². The third-order valence-electron chi connectivity index (χ3n) is 4.22. The van der Waals surface area contributed by atoms with Crippen LogP contribution >= 0.6 is 0 Å². The number of para-hydroxylation sites is 1. The van der Waals surface area contributed by atoms with Crippen molar-refractivity contribution in [3.63, 3.8) is 0 Å². The van der Waals surface area contributed by atoms with Crippen molar-refractivity contribution in [3.8, 4) is 11.5 Å². The minimum atomic E-state index is -0.216. The molecule has 24 heavy (non-hydrogen) atoms. The van der Waals surface area contributed by atoms with Crippen LogP contribution in [-0.2, 0) is 11.3 Å². The Kier molecular flexibility index (Phi) is 4.13. The van der Waals surface area contributed by atoms with Gasteiger partial charge in [0.15, 0.2) is 0 Å². The van der Waals surface area contributed by atoms with Gasteiger partial charge in [0.2, 0.25) is 17.7 Å². The van der Waals surface area contributed by atoms with E-state index in [0.29, 0.717) is 11.8 Å². The van der Waals surface area contributed by atoms with Crippen LogP contribution in [0.1, 0.15) is 33.1 Å². The number of benzene rings is 1. The number of fused-ring (bicyclic) bond motifs is 1. The van der Waals surface area contributed by atoms with Crippen molar-refractivity contribution in [1.82, 2.24) is 20.1 Å². The van der Waals surface area contributed by atoms with Gasteiger partial charge in [-0.15, -0.1) is 10.2 Å². The highest BCUT2D eigenvalue weighted by Gasteiger charge is 2.20. The Bertz CT molecular complexity index is 876. The molecule has 0 saturated heterocycles. The van der Waals surface area contributed by atoms with E-state index in [-0.39, 0.29) is 18.0 Å². The molecule has 1 N–H and O–H groups in total. The summed E-state index contributed by atoms with van der Waals surface area (Å²) >= 11 is 0. The fourth-order valence-corrected chi connectivity index (χ4v) is 2.61. The van der Waals surface area contributed by atoms with E-state index in [9.17, 15) is 4.79 Å². The molecule has 0 fully saturated rings. The van der Waals surface area contributed by atoms with E-state index in [4.69, 9.17) is 4.42 Å². The molecule has 3 aromatic rings. The summed E-state index contributed by atoms with van der Waals surface area (Å²) in [6.07, 6.45) is 2.77. The van der Waals surface area contributed by atoms with Gasteiger partial charge in [-0.3, -0.25) is 4.79 Å². The van der Waals surface area contributed by atoms with E-state index in [1.807, 2.05) is 48.9 Å². The Balaban J connectivity index is 1.96. The summed E-state index contributed by atoms with van der Waals surface area (Å²) in [6.45, 7) is 8.10. The van der Waals surface area contributed by atoms with Crippen molar-refractivity contribution in [1.29, 1.82) is 0 Å². The van der Waals surface area contributed by atoms with Gasteiger partial charge in [0.05, 0.1) is 5.56 Å². The minimum absolute atomic E-state index is 0.0177. The second-order valence-corrected chi connectivity index (χ2v) is 6.60. The molecule has 0 atom stereocenters. The van der Waals surface area contributed by atoms with Crippen LogP contribution in [0.2, 0.25) is 0 Å². The number of nitrogens with zero attached hydrogens (tertiary/aromatic N) is 3. The Morgan fingerprint density at radius 2 is 2.04 bits per heavy atom. The quantitative estimate of drug-likeness (QED) is 0.781. The molecule has 2 aromatic heterocycles. The molecule has 3 rings (SSSR count). The van der Waals surface area contributed by atoms with Gasteiger partial charge in [0.1, 0.15) is 6.54 Å². The van der Waals surface area contributed by atoms with Crippen LogP contribution < -0.4 is 5.32 Å². The zero-order valence-corrected chi connectivity index (χ0v) is 14.5. The predicted octanol–water partition coefficient (Wildman–Crippen LogP) is 3.30. The standard InChI is InChI=1S/C18H22N4O2/c1-5-18(3,4)19-16(23)11-22-10-14(17-21-20-12(2)24-17)13-8-6-7-9-15(13)22/h6-10H,5,11H2,1-4H3,(H,19,23). The molecule has 1 aromatic carbocycles. The van der Waals surface area contributed by atoms with E-state index in [0.717, 1.165) is 22.9 Å². The van der Waals surface area contributed by atoms with Gasteiger partial charge in [0, 0.05) is 29.6 Å². The normalized spacial score (nSPS) is 11.8. The summed E-state index contributed by atoms with van der Waals surface area (Å²) in [7, 11) is 0. The fourth-order valence-electron chi connectivity index (χ4n) is 2.61. The van der Waals surface area contributed by atoms with Gasteiger partial charge in [-0.1, -0.05) is 25.1 Å². The molecule has 0 aliphatic rings. The van der Waals surface area contributed by atoms with Gasteiger partial charge in [-0.25, -0.2) is 0 Å². The Morgan fingerprint density at radius 1 is 1.29 bits per heavy atom. The third-order valence-corrected chi connectivity index (χ3v) is 4.22. The van der Waals surface area contributed by atoms with Crippen LogP contribution in [0.5, 0.6) is 0 Å². The third kappa shape index (κ3) is 3.18. The van der Waals surface area contributed by atoms with Crippen LogP contribution in [0.15, 0.2) is 34.9 Å². The zero-order chi connectivity index (χ0) is 17.3. The Hall–Kier alpha value is -2.63. The summed E-state index contributed by atoms with van der Waals surface area (Å²) < 4.78 is 7.48. The summed E-state index contributed by atoms with van der Waals surface area (Å²) in [4.78, 5) is 12.4. The lowest BCUT2D eigenvalue weighted by Gasteiger charge is -2.24. The molecule has 0 aliphatic carbocycles. The monoisotopic (exact) mass is 326 g/mol. The van der Waals surface area contributed by atoms with Gasteiger partial charge >= 0.3 is 0 Å². The molecule has 1 amide bonds. The summed E-state index contributed by atoms with van der Waals surface area (Å²) in [6, 6.07) is 7.89. The number of carbonyl (C=O) groups is 1. The number of carbonyl (C=O) groups excluding carboxylic acids is 1. The number of aryl methyl sites for hydroxylation is 1. The minimum Gasteiger partial charge on any atom is -0.421 e. The maximum atomic E-state index is 12.4. The van der Waals surface area contributed by atoms with E-state index in [1.54, 1.807) is 6.92 Å². The van der Waals surface area contributed by atoms with Gasteiger partial charge in [-0.2, -0.15) is 0 Å². The first-order valence-electron chi connectivity index (χ1n) is 8.09. The molecule has 6 nitrogen and oxygen atoms in total. The van der Waals surface area contributed by atoms with Crippen LogP contribution in [0.4, 0.5) is 0 Å². The number of amides is 1. The number of rotatable bonds is 5. The first-order chi connectivity index (χ1) is 11.4. The summed E-state index contributed by atoms with van der Waals surface area (Å²) in [5.74, 6) is 0.969. The first kappa shape index (κ1) is 16.2. The first-order valence-corrected chi connectivity index (χ1v) is 8.09. The van der Waals surface area contributed by atoms with Crippen molar-refractivity contribution in [2.45, 2.75) is 46.2 Å². The molecule has 0 aliphatic heterocycles. The Morgan fingerprint density at radius 3 is 2.71 bits per heavy atom. The fraction of sp³-hybridized carbons (Fsp3) is 0.389. The molecule has 0 radical (unpaired) electrons. The average molecular weight is 326 g/mol. The lowest BCUT2D eigenvalue weighted by atomic mass is 10.0. The molecule has 0 spiro atoms. The van der Waals surface area contributed by atoms with Crippen LogP contribution in [0, 0.1) is 6.92 Å². The van der Waals surface area contributed by atoms with Gasteiger partial charge in [0.25, 0.3) is 0 Å². The Labute approximate surface area is 140 Å². The predicted molar refractivity (Wildman–Crippen MR) is 92.5 cm³/mol. The van der Waals surface area contributed by atoms with E-state index in [2.05, 4.69) is 22.4 Å². The van der Waals surface area contributed by atoms with Crippen LogP contribution in [0.25, 0.3) is 22.4 Å². The number of nitrogens with one attached hydrogen (secondary N) is 1. The van der Waals surface area contributed by atoms with Gasteiger partial charge in [-0.05, 0) is 26.3 Å². The molecule has 2 heterocycles. The SMILES string of the molecule is CCC(C)(C)NC(=O)Cn1cc(-c2nnc(C)o2)c2ccccc21. The largest absolute Gasteiger partial charge is 0.421 e. The van der Waals surface area contributed by atoms with Crippen molar-refractivity contribution in [3.05, 3.63) is 36.4 Å². The van der Waals surface area contributed by atoms with Crippen molar-refractivity contribution in [2.75, 3.05) is 0 Å². The van der Waals surface area contributed by atoms with E-state index in [1.165, 1.54) is 0 Å². The van der Waals surface area contributed by atoms with Crippen LogP contribution in [-0.4, -0.2) is 26.2 Å². The molecule has 0 saturated carbocycles. The maximum Gasteiger partial charge on any atom is 0.249 e. The zero-order valence-electron chi connectivity index (χ0n) is 14.5. The number of hydrogen-bond acceptors (Lipinski definition) is 4. The molecule has 6 heteroatoms.